The fourth-order valence-corrected chi connectivity index (χ4v) is 3.33. The average Bonchev–Trinajstić information content (AvgIpc) is 2.41. The van der Waals surface area contributed by atoms with E-state index in [1.165, 1.54) is 0 Å². The minimum Gasteiger partial charge on any atom is -0.293 e. The number of benzene rings is 2. The molecule has 4 heteroatoms. The summed E-state index contributed by atoms with van der Waals surface area (Å²) in [5, 5.41) is 0.587. The van der Waals surface area contributed by atoms with E-state index in [4.69, 9.17) is 11.6 Å². The summed E-state index contributed by atoms with van der Waals surface area (Å²) >= 11 is 6.02. The van der Waals surface area contributed by atoms with Crippen LogP contribution >= 0.6 is 11.6 Å². The second-order valence-electron chi connectivity index (χ2n) is 4.61. The molecule has 0 bridgehead atoms. The van der Waals surface area contributed by atoms with E-state index in [-0.39, 0.29) is 11.5 Å². The summed E-state index contributed by atoms with van der Waals surface area (Å²) in [6, 6.07) is 14.6. The van der Waals surface area contributed by atoms with Crippen molar-refractivity contribution in [1.29, 1.82) is 0 Å². The molecule has 2 rings (SSSR count). The summed E-state index contributed by atoms with van der Waals surface area (Å²) in [7, 11) is -1.25. The van der Waals surface area contributed by atoms with Crippen molar-refractivity contribution in [2.75, 3.05) is 5.75 Å². The molecule has 1 unspecified atom stereocenters. The van der Waals surface area contributed by atoms with Crippen molar-refractivity contribution < 1.29 is 9.00 Å². The van der Waals surface area contributed by atoms with Crippen molar-refractivity contribution in [3.05, 3.63) is 70.2 Å². The molecule has 0 aliphatic heterocycles. The number of Topliss-reactive ketones (excluding diaryl/α,β-unsaturated/α-hetero) is 1. The zero-order valence-corrected chi connectivity index (χ0v) is 12.7. The second kappa shape index (κ2) is 6.82. The predicted molar refractivity (Wildman–Crippen MR) is 83.7 cm³/mol. The van der Waals surface area contributed by atoms with Gasteiger partial charge in [-0.05, 0) is 24.6 Å². The Morgan fingerprint density at radius 2 is 1.90 bits per heavy atom. The van der Waals surface area contributed by atoms with Crippen LogP contribution in [0.5, 0.6) is 0 Å². The van der Waals surface area contributed by atoms with Crippen LogP contribution in [0.1, 0.15) is 21.5 Å². The third-order valence-corrected chi connectivity index (χ3v) is 4.49. The van der Waals surface area contributed by atoms with E-state index in [2.05, 4.69) is 0 Å². The van der Waals surface area contributed by atoms with Crippen molar-refractivity contribution >= 4 is 28.2 Å². The molecule has 104 valence electrons. The van der Waals surface area contributed by atoms with E-state index in [1.54, 1.807) is 12.1 Å². The van der Waals surface area contributed by atoms with Crippen molar-refractivity contribution in [2.24, 2.45) is 0 Å². The number of hydrogen-bond acceptors (Lipinski definition) is 2. The monoisotopic (exact) mass is 306 g/mol. The highest BCUT2D eigenvalue weighted by Gasteiger charge is 2.12. The molecule has 0 spiro atoms. The summed E-state index contributed by atoms with van der Waals surface area (Å²) in [5.74, 6) is 0.227. The zero-order chi connectivity index (χ0) is 14.5. The fraction of sp³-hybridized carbons (Fsp3) is 0.188. The third-order valence-electron chi connectivity index (χ3n) is 2.91. The molecule has 20 heavy (non-hydrogen) atoms. The second-order valence-corrected chi connectivity index (χ2v) is 6.48. The molecule has 0 aliphatic rings. The summed E-state index contributed by atoms with van der Waals surface area (Å²) in [6.45, 7) is 1.93. The summed E-state index contributed by atoms with van der Waals surface area (Å²) < 4.78 is 12.1. The number of carbonyl (C=O) groups excluding carboxylic acids is 1. The quantitative estimate of drug-likeness (QED) is 0.788. The van der Waals surface area contributed by atoms with Gasteiger partial charge in [-0.25, -0.2) is 0 Å². The third kappa shape index (κ3) is 4.02. The predicted octanol–water partition coefficient (Wildman–Crippen LogP) is 3.78. The van der Waals surface area contributed by atoms with E-state index in [9.17, 15) is 9.00 Å². The highest BCUT2D eigenvalue weighted by molar-refractivity contribution is 7.85. The number of carbonyl (C=O) groups is 1. The van der Waals surface area contributed by atoms with Gasteiger partial charge in [-0.3, -0.25) is 9.00 Å². The minimum absolute atomic E-state index is 0.0225. The Kier molecular flexibility index (Phi) is 5.10. The summed E-state index contributed by atoms with van der Waals surface area (Å²) in [6.07, 6.45) is 0. The molecule has 0 fully saturated rings. The van der Waals surface area contributed by atoms with Crippen molar-refractivity contribution in [1.82, 2.24) is 0 Å². The van der Waals surface area contributed by atoms with Gasteiger partial charge < -0.3 is 0 Å². The first-order chi connectivity index (χ1) is 9.56. The number of ketones is 1. The van der Waals surface area contributed by atoms with E-state index < -0.39 is 10.8 Å². The van der Waals surface area contributed by atoms with Crippen molar-refractivity contribution in [3.63, 3.8) is 0 Å². The topological polar surface area (TPSA) is 34.1 Å². The Morgan fingerprint density at radius 3 is 2.60 bits per heavy atom. The molecule has 0 N–H and O–H groups in total. The number of halogens is 1. The molecule has 0 aliphatic carbocycles. The van der Waals surface area contributed by atoms with E-state index in [0.717, 1.165) is 11.1 Å². The van der Waals surface area contributed by atoms with Crippen molar-refractivity contribution in [3.8, 4) is 0 Å². The van der Waals surface area contributed by atoms with E-state index in [1.807, 2.05) is 43.3 Å². The first kappa shape index (κ1) is 14.9. The molecule has 1 atom stereocenters. The van der Waals surface area contributed by atoms with Crippen LogP contribution in [-0.2, 0) is 16.6 Å². The molecule has 0 aromatic heterocycles. The Labute approximate surface area is 126 Å². The molecule has 0 saturated carbocycles. The molecule has 2 aromatic rings. The number of rotatable bonds is 5. The van der Waals surface area contributed by atoms with Gasteiger partial charge in [0.05, 0.1) is 11.5 Å². The van der Waals surface area contributed by atoms with E-state index in [0.29, 0.717) is 16.3 Å². The lowest BCUT2D eigenvalue weighted by Gasteiger charge is -2.05. The van der Waals surface area contributed by atoms with Crippen LogP contribution in [0.15, 0.2) is 48.5 Å². The zero-order valence-electron chi connectivity index (χ0n) is 11.1. The highest BCUT2D eigenvalue weighted by Crippen LogP contribution is 2.17. The first-order valence-corrected chi connectivity index (χ1v) is 8.11. The molecule has 0 radical (unpaired) electrons. The molecular formula is C16H15ClO2S. The average molecular weight is 307 g/mol. The van der Waals surface area contributed by atoms with Crippen LogP contribution < -0.4 is 0 Å². The molecule has 0 amide bonds. The van der Waals surface area contributed by atoms with E-state index >= 15 is 0 Å². The molecular weight excluding hydrogens is 292 g/mol. The number of aryl methyl sites for hydroxylation is 1. The van der Waals surface area contributed by atoms with Gasteiger partial charge in [-0.2, -0.15) is 0 Å². The van der Waals surface area contributed by atoms with Gasteiger partial charge >= 0.3 is 0 Å². The van der Waals surface area contributed by atoms with Crippen molar-refractivity contribution in [2.45, 2.75) is 12.7 Å². The van der Waals surface area contributed by atoms with Gasteiger partial charge in [-0.15, -0.1) is 0 Å². The first-order valence-electron chi connectivity index (χ1n) is 6.24. The maximum atomic E-state index is 12.1. The lowest BCUT2D eigenvalue weighted by atomic mass is 10.1. The van der Waals surface area contributed by atoms with Crippen LogP contribution in [0.2, 0.25) is 5.02 Å². The number of hydrogen-bond donors (Lipinski definition) is 0. The fourth-order valence-electron chi connectivity index (χ4n) is 1.89. The SMILES string of the molecule is Cc1cccc(C(=O)CS(=O)Cc2ccccc2Cl)c1. The van der Waals surface area contributed by atoms with Gasteiger partial charge in [0, 0.05) is 21.4 Å². The molecule has 0 saturated heterocycles. The minimum atomic E-state index is -1.25. The largest absolute Gasteiger partial charge is 0.293 e. The van der Waals surface area contributed by atoms with Crippen LogP contribution in [0, 0.1) is 6.92 Å². The Balaban J connectivity index is 2.02. The van der Waals surface area contributed by atoms with Gasteiger partial charge in [0.25, 0.3) is 0 Å². The lowest BCUT2D eigenvalue weighted by molar-refractivity contribution is 0.102. The highest BCUT2D eigenvalue weighted by atomic mass is 35.5. The van der Waals surface area contributed by atoms with Gasteiger partial charge in [-0.1, -0.05) is 53.6 Å². The molecule has 2 aromatic carbocycles. The maximum Gasteiger partial charge on any atom is 0.175 e. The standard InChI is InChI=1S/C16H15ClO2S/c1-12-5-4-7-13(9-12)16(18)11-20(19)10-14-6-2-3-8-15(14)17/h2-9H,10-11H2,1H3. The Bertz CT molecular complexity index is 652. The Hall–Kier alpha value is -1.45. The summed E-state index contributed by atoms with van der Waals surface area (Å²) in [4.78, 5) is 12.1. The van der Waals surface area contributed by atoms with Crippen LogP contribution in [0.25, 0.3) is 0 Å². The van der Waals surface area contributed by atoms with Gasteiger partial charge in [0.15, 0.2) is 5.78 Å². The van der Waals surface area contributed by atoms with Crippen LogP contribution in [0.3, 0.4) is 0 Å². The maximum absolute atomic E-state index is 12.1. The lowest BCUT2D eigenvalue weighted by Crippen LogP contribution is -2.12. The van der Waals surface area contributed by atoms with Crippen LogP contribution in [-0.4, -0.2) is 15.7 Å². The molecule has 2 nitrogen and oxygen atoms in total. The molecule has 0 heterocycles. The van der Waals surface area contributed by atoms with Gasteiger partial charge in [0.1, 0.15) is 0 Å². The summed E-state index contributed by atoms with van der Waals surface area (Å²) in [5.41, 5.74) is 2.44. The normalized spacial score (nSPS) is 12.1. The van der Waals surface area contributed by atoms with Gasteiger partial charge in [0.2, 0.25) is 0 Å². The van der Waals surface area contributed by atoms with Crippen LogP contribution in [0.4, 0.5) is 0 Å². The smallest absolute Gasteiger partial charge is 0.175 e. The Morgan fingerprint density at radius 1 is 1.15 bits per heavy atom.